The zero-order valence-electron chi connectivity index (χ0n) is 7.55. The van der Waals surface area contributed by atoms with Gasteiger partial charge in [-0.05, 0) is 19.3 Å². The van der Waals surface area contributed by atoms with Gasteiger partial charge in [0.05, 0.1) is 0 Å². The topological polar surface area (TPSA) is 43.1 Å². The standard InChI is InChI=1S/C9H17NO/c1-4-6-7(3)8(5-2)9(10)11/h5,7H,4,6H2,1-3H3,(H2,10,11)/b8-5-. The molecule has 0 fully saturated rings. The van der Waals surface area contributed by atoms with E-state index >= 15 is 0 Å². The molecule has 2 nitrogen and oxygen atoms in total. The minimum atomic E-state index is -0.284. The van der Waals surface area contributed by atoms with Crippen LogP contribution in [-0.4, -0.2) is 5.91 Å². The molecule has 1 atom stereocenters. The number of carbonyl (C=O) groups is 1. The van der Waals surface area contributed by atoms with Crippen LogP contribution in [0.1, 0.15) is 33.6 Å². The van der Waals surface area contributed by atoms with E-state index in [0.717, 1.165) is 18.4 Å². The Morgan fingerprint density at radius 3 is 2.45 bits per heavy atom. The van der Waals surface area contributed by atoms with Crippen LogP contribution in [0.5, 0.6) is 0 Å². The fourth-order valence-corrected chi connectivity index (χ4v) is 1.26. The summed E-state index contributed by atoms with van der Waals surface area (Å²) in [7, 11) is 0. The second-order valence-corrected chi connectivity index (χ2v) is 2.80. The van der Waals surface area contributed by atoms with Gasteiger partial charge < -0.3 is 5.73 Å². The molecule has 0 saturated heterocycles. The summed E-state index contributed by atoms with van der Waals surface area (Å²) in [5, 5.41) is 0. The van der Waals surface area contributed by atoms with E-state index in [1.54, 1.807) is 0 Å². The Balaban J connectivity index is 4.16. The average Bonchev–Trinajstić information content (AvgIpc) is 1.88. The van der Waals surface area contributed by atoms with E-state index in [1.807, 2.05) is 19.9 Å². The molecule has 2 N–H and O–H groups in total. The molecule has 0 radical (unpaired) electrons. The molecule has 1 amide bonds. The number of hydrogen-bond acceptors (Lipinski definition) is 1. The Morgan fingerprint density at radius 1 is 1.64 bits per heavy atom. The quantitative estimate of drug-likeness (QED) is 0.618. The van der Waals surface area contributed by atoms with E-state index in [9.17, 15) is 4.79 Å². The molecule has 1 unspecified atom stereocenters. The lowest BCUT2D eigenvalue weighted by atomic mass is 9.96. The molecule has 2 heteroatoms. The van der Waals surface area contributed by atoms with Crippen molar-refractivity contribution in [1.29, 1.82) is 0 Å². The highest BCUT2D eigenvalue weighted by Crippen LogP contribution is 2.15. The Bertz CT molecular complexity index is 161. The summed E-state index contributed by atoms with van der Waals surface area (Å²) in [4.78, 5) is 10.8. The van der Waals surface area contributed by atoms with Crippen LogP contribution >= 0.6 is 0 Å². The van der Waals surface area contributed by atoms with Crippen LogP contribution in [0.15, 0.2) is 11.6 Å². The van der Waals surface area contributed by atoms with Crippen molar-refractivity contribution in [3.63, 3.8) is 0 Å². The van der Waals surface area contributed by atoms with Crippen LogP contribution in [-0.2, 0) is 4.79 Å². The zero-order valence-corrected chi connectivity index (χ0v) is 7.55. The maximum Gasteiger partial charge on any atom is 0.244 e. The average molecular weight is 155 g/mol. The summed E-state index contributed by atoms with van der Waals surface area (Å²) in [6, 6.07) is 0. The maximum absolute atomic E-state index is 10.8. The van der Waals surface area contributed by atoms with Crippen LogP contribution in [0.4, 0.5) is 0 Å². The fraction of sp³-hybridized carbons (Fsp3) is 0.667. The Morgan fingerprint density at radius 2 is 2.18 bits per heavy atom. The molecular formula is C9H17NO. The molecule has 0 aliphatic rings. The zero-order chi connectivity index (χ0) is 8.85. The van der Waals surface area contributed by atoms with Gasteiger partial charge in [-0.25, -0.2) is 0 Å². The molecule has 0 bridgehead atoms. The molecule has 0 spiro atoms. The predicted molar refractivity (Wildman–Crippen MR) is 47.0 cm³/mol. The lowest BCUT2D eigenvalue weighted by Gasteiger charge is -2.10. The van der Waals surface area contributed by atoms with Crippen molar-refractivity contribution in [3.05, 3.63) is 11.6 Å². The number of hydrogen-bond donors (Lipinski definition) is 1. The Labute approximate surface area is 68.5 Å². The van der Waals surface area contributed by atoms with Gasteiger partial charge >= 0.3 is 0 Å². The van der Waals surface area contributed by atoms with Crippen molar-refractivity contribution in [3.8, 4) is 0 Å². The highest BCUT2D eigenvalue weighted by Gasteiger charge is 2.11. The van der Waals surface area contributed by atoms with Crippen LogP contribution < -0.4 is 5.73 Å². The van der Waals surface area contributed by atoms with E-state index in [4.69, 9.17) is 5.73 Å². The lowest BCUT2D eigenvalue weighted by Crippen LogP contribution is -2.18. The molecule has 0 aromatic heterocycles. The third-order valence-corrected chi connectivity index (χ3v) is 1.85. The smallest absolute Gasteiger partial charge is 0.244 e. The molecule has 0 heterocycles. The van der Waals surface area contributed by atoms with Crippen LogP contribution in [0.25, 0.3) is 0 Å². The third-order valence-electron chi connectivity index (χ3n) is 1.85. The van der Waals surface area contributed by atoms with Gasteiger partial charge in [0.1, 0.15) is 0 Å². The molecule has 64 valence electrons. The highest BCUT2D eigenvalue weighted by atomic mass is 16.1. The number of nitrogens with two attached hydrogens (primary N) is 1. The summed E-state index contributed by atoms with van der Waals surface area (Å²) < 4.78 is 0. The molecule has 0 aromatic rings. The van der Waals surface area contributed by atoms with Gasteiger partial charge in [-0.1, -0.05) is 26.3 Å². The van der Waals surface area contributed by atoms with Crippen molar-refractivity contribution in [1.82, 2.24) is 0 Å². The molecular weight excluding hydrogens is 138 g/mol. The van der Waals surface area contributed by atoms with Crippen LogP contribution in [0.3, 0.4) is 0 Å². The second-order valence-electron chi connectivity index (χ2n) is 2.80. The molecule has 0 rings (SSSR count). The molecule has 0 aliphatic heterocycles. The highest BCUT2D eigenvalue weighted by molar-refractivity contribution is 5.92. The summed E-state index contributed by atoms with van der Waals surface area (Å²) in [6.07, 6.45) is 3.93. The first kappa shape index (κ1) is 10.2. The van der Waals surface area contributed by atoms with E-state index in [0.29, 0.717) is 5.92 Å². The van der Waals surface area contributed by atoms with Gasteiger partial charge in [-0.15, -0.1) is 0 Å². The Hall–Kier alpha value is -0.790. The van der Waals surface area contributed by atoms with Gasteiger partial charge in [0, 0.05) is 5.57 Å². The van der Waals surface area contributed by atoms with Gasteiger partial charge in [-0.3, -0.25) is 4.79 Å². The normalized spacial score (nSPS) is 14.6. The summed E-state index contributed by atoms with van der Waals surface area (Å²) in [5.74, 6) is 0.0240. The first-order valence-electron chi connectivity index (χ1n) is 4.09. The molecule has 11 heavy (non-hydrogen) atoms. The van der Waals surface area contributed by atoms with Crippen molar-refractivity contribution < 1.29 is 4.79 Å². The van der Waals surface area contributed by atoms with Gasteiger partial charge in [0.2, 0.25) is 5.91 Å². The molecule has 0 aliphatic carbocycles. The minimum Gasteiger partial charge on any atom is -0.366 e. The minimum absolute atomic E-state index is 0.284. The van der Waals surface area contributed by atoms with Crippen molar-refractivity contribution in [2.45, 2.75) is 33.6 Å². The fourth-order valence-electron chi connectivity index (χ4n) is 1.26. The number of primary amides is 1. The van der Waals surface area contributed by atoms with Crippen molar-refractivity contribution >= 4 is 5.91 Å². The van der Waals surface area contributed by atoms with Gasteiger partial charge in [-0.2, -0.15) is 0 Å². The molecule has 0 aromatic carbocycles. The first-order chi connectivity index (χ1) is 5.13. The SMILES string of the molecule is C/C=C(\C(N)=O)C(C)CCC. The summed E-state index contributed by atoms with van der Waals surface area (Å²) >= 11 is 0. The number of carbonyl (C=O) groups excluding carboxylic acids is 1. The predicted octanol–water partition coefficient (Wildman–Crippen LogP) is 1.85. The number of allylic oxidation sites excluding steroid dienone is 1. The maximum atomic E-state index is 10.8. The van der Waals surface area contributed by atoms with E-state index in [1.165, 1.54) is 0 Å². The van der Waals surface area contributed by atoms with Crippen molar-refractivity contribution in [2.24, 2.45) is 11.7 Å². The lowest BCUT2D eigenvalue weighted by molar-refractivity contribution is -0.115. The van der Waals surface area contributed by atoms with Crippen LogP contribution in [0.2, 0.25) is 0 Å². The summed E-state index contributed by atoms with van der Waals surface area (Å²) in [6.45, 7) is 5.99. The Kier molecular flexibility index (Phi) is 4.59. The van der Waals surface area contributed by atoms with Gasteiger partial charge in [0.15, 0.2) is 0 Å². The summed E-state index contributed by atoms with van der Waals surface area (Å²) in [5.41, 5.74) is 5.93. The van der Waals surface area contributed by atoms with E-state index < -0.39 is 0 Å². The first-order valence-corrected chi connectivity index (χ1v) is 4.09. The third kappa shape index (κ3) is 3.21. The van der Waals surface area contributed by atoms with Gasteiger partial charge in [0.25, 0.3) is 0 Å². The van der Waals surface area contributed by atoms with E-state index in [-0.39, 0.29) is 5.91 Å². The number of rotatable bonds is 4. The number of amides is 1. The molecule has 0 saturated carbocycles. The second kappa shape index (κ2) is 4.94. The monoisotopic (exact) mass is 155 g/mol. The van der Waals surface area contributed by atoms with Crippen molar-refractivity contribution in [2.75, 3.05) is 0 Å². The largest absolute Gasteiger partial charge is 0.366 e. The van der Waals surface area contributed by atoms with E-state index in [2.05, 4.69) is 6.92 Å². The van der Waals surface area contributed by atoms with Crippen LogP contribution in [0, 0.1) is 5.92 Å².